The number of aromatic nitrogens is 3. The first-order chi connectivity index (χ1) is 19.7. The average molecular weight is 622 g/mol. The molecule has 3 aromatic rings. The van der Waals surface area contributed by atoms with Crippen molar-refractivity contribution in [3.8, 4) is 12.3 Å². The van der Waals surface area contributed by atoms with E-state index in [-0.39, 0.29) is 31.7 Å². The van der Waals surface area contributed by atoms with Crippen LogP contribution in [0.5, 0.6) is 0 Å². The van der Waals surface area contributed by atoms with Crippen molar-refractivity contribution in [1.82, 2.24) is 19.6 Å². The Kier molecular flexibility index (Phi) is 9.62. The molecular formula is C26H32N5O7PS2. The summed E-state index contributed by atoms with van der Waals surface area (Å²) in [5, 5.41) is 25.8. The first-order valence-electron chi connectivity index (χ1n) is 12.9. The number of nitrogens with two attached hydrogens (primary N) is 1. The number of hydrogen-bond donors (Lipinski definition) is 4. The maximum atomic E-state index is 14.1. The Morgan fingerprint density at radius 3 is 2.78 bits per heavy atom. The van der Waals surface area contributed by atoms with Gasteiger partial charge in [0.1, 0.15) is 48.3 Å². The minimum atomic E-state index is -3.99. The second-order valence-corrected chi connectivity index (χ2v) is 14.1. The zero-order chi connectivity index (χ0) is 29.0. The van der Waals surface area contributed by atoms with Crippen LogP contribution in [-0.2, 0) is 29.6 Å². The molecule has 0 bridgehead atoms. The molecule has 2 fully saturated rings. The summed E-state index contributed by atoms with van der Waals surface area (Å²) in [5.41, 5.74) is 5.52. The fourth-order valence-electron chi connectivity index (χ4n) is 4.66. The number of aliphatic hydroxyl groups excluding tert-OH is 1. The third kappa shape index (κ3) is 6.76. The van der Waals surface area contributed by atoms with E-state index in [2.05, 4.69) is 21.0 Å². The molecule has 0 spiro atoms. The van der Waals surface area contributed by atoms with Crippen molar-refractivity contribution in [3.05, 3.63) is 54.5 Å². The van der Waals surface area contributed by atoms with Gasteiger partial charge in [0.05, 0.1) is 18.1 Å². The molecule has 220 valence electrons. The normalized spacial score (nSPS) is 29.8. The molecule has 2 aliphatic heterocycles. The van der Waals surface area contributed by atoms with Gasteiger partial charge in [-0.15, -0.1) is 6.42 Å². The summed E-state index contributed by atoms with van der Waals surface area (Å²) in [6.07, 6.45) is 3.90. The number of ether oxygens (including phenoxy) is 2. The topological polar surface area (TPSA) is 163 Å². The summed E-state index contributed by atoms with van der Waals surface area (Å²) in [4.78, 5) is 8.25. The molecule has 0 amide bonds. The zero-order valence-electron chi connectivity index (χ0n) is 22.2. The lowest BCUT2D eigenvalue weighted by molar-refractivity contribution is -0.0947. The number of anilines is 1. The minimum absolute atomic E-state index is 0.0988. The Labute approximate surface area is 245 Å². The lowest BCUT2D eigenvalue weighted by atomic mass is 9.96. The van der Waals surface area contributed by atoms with Gasteiger partial charge < -0.3 is 30.0 Å². The van der Waals surface area contributed by atoms with Gasteiger partial charge in [-0.3, -0.25) is 9.05 Å². The highest BCUT2D eigenvalue weighted by atomic mass is 33.1. The van der Waals surface area contributed by atoms with E-state index < -0.39 is 37.9 Å². The van der Waals surface area contributed by atoms with Crippen LogP contribution in [0.25, 0.3) is 11.0 Å². The lowest BCUT2D eigenvalue weighted by Crippen LogP contribution is -2.44. The summed E-state index contributed by atoms with van der Waals surface area (Å²) in [6.45, 7) is 1.41. The fourth-order valence-corrected chi connectivity index (χ4v) is 8.71. The van der Waals surface area contributed by atoms with Crippen molar-refractivity contribution in [2.45, 2.75) is 49.7 Å². The Bertz CT molecular complexity index is 1420. The van der Waals surface area contributed by atoms with Gasteiger partial charge in [0.15, 0.2) is 6.23 Å². The van der Waals surface area contributed by atoms with Crippen LogP contribution in [-0.4, -0.2) is 79.5 Å². The number of rotatable bonds is 11. The van der Waals surface area contributed by atoms with E-state index in [1.807, 2.05) is 30.3 Å². The molecule has 0 aliphatic carbocycles. The third-order valence-corrected chi connectivity index (χ3v) is 10.9. The Balaban J connectivity index is 1.33. The molecule has 5 rings (SSSR count). The summed E-state index contributed by atoms with van der Waals surface area (Å²) >= 11 is 0. The maximum Gasteiger partial charge on any atom is 0.406 e. The quantitative estimate of drug-likeness (QED) is 0.141. The lowest BCUT2D eigenvalue weighted by Gasteiger charge is -2.33. The molecule has 12 nitrogen and oxygen atoms in total. The van der Waals surface area contributed by atoms with Crippen LogP contribution in [0.3, 0.4) is 0 Å². The van der Waals surface area contributed by atoms with Crippen LogP contribution < -0.4 is 10.8 Å². The number of aliphatic hydroxyl groups is 2. The number of nitrogens with zero attached hydrogens (tertiary/aromatic N) is 3. The summed E-state index contributed by atoms with van der Waals surface area (Å²) in [5.74, 6) is 3.84. The smallest absolute Gasteiger partial charge is 0.387 e. The van der Waals surface area contributed by atoms with Gasteiger partial charge >= 0.3 is 7.75 Å². The maximum absolute atomic E-state index is 14.1. The predicted molar refractivity (Wildman–Crippen MR) is 158 cm³/mol. The van der Waals surface area contributed by atoms with Crippen LogP contribution in [0.15, 0.2) is 48.9 Å². The van der Waals surface area contributed by atoms with Crippen molar-refractivity contribution in [2.24, 2.45) is 0 Å². The summed E-state index contributed by atoms with van der Waals surface area (Å²) in [6, 6.07) is 11.1. The zero-order valence-corrected chi connectivity index (χ0v) is 24.8. The highest BCUT2D eigenvalue weighted by Gasteiger charge is 2.54. The van der Waals surface area contributed by atoms with Crippen molar-refractivity contribution >= 4 is 46.2 Å². The van der Waals surface area contributed by atoms with Gasteiger partial charge in [0.25, 0.3) is 0 Å². The van der Waals surface area contributed by atoms with Gasteiger partial charge in [-0.1, -0.05) is 57.8 Å². The molecule has 7 atom stereocenters. The van der Waals surface area contributed by atoms with Crippen molar-refractivity contribution in [2.75, 3.05) is 30.5 Å². The SMILES string of the molecule is C#CCO[C@H]1CSSC[C@@H]1OP(=O)(NCc1ccccc1)OC[C@H]1O[C@@H](n2ccc3c(N)ncnc32)[C@](C)(O)[C@@H]1O. The van der Waals surface area contributed by atoms with E-state index in [0.29, 0.717) is 22.5 Å². The van der Waals surface area contributed by atoms with Gasteiger partial charge in [0, 0.05) is 24.2 Å². The highest BCUT2D eigenvalue weighted by molar-refractivity contribution is 8.76. The second kappa shape index (κ2) is 13.0. The fraction of sp³-hybridized carbons (Fsp3) is 0.462. The first-order valence-corrected chi connectivity index (χ1v) is 16.9. The van der Waals surface area contributed by atoms with Crippen LogP contribution in [0, 0.1) is 12.3 Å². The molecule has 1 unspecified atom stereocenters. The van der Waals surface area contributed by atoms with Crippen LogP contribution >= 0.6 is 29.3 Å². The highest BCUT2D eigenvalue weighted by Crippen LogP contribution is 2.50. The Morgan fingerprint density at radius 1 is 1.27 bits per heavy atom. The van der Waals surface area contributed by atoms with Gasteiger partial charge in [-0.05, 0) is 18.6 Å². The number of terminal acetylenes is 1. The number of nitrogens with one attached hydrogen (secondary N) is 1. The van der Waals surface area contributed by atoms with E-state index in [4.69, 9.17) is 30.7 Å². The molecule has 5 N–H and O–H groups in total. The minimum Gasteiger partial charge on any atom is -0.387 e. The Morgan fingerprint density at radius 2 is 2.02 bits per heavy atom. The standard InChI is InChI=1S/C26H32N5O7PS2/c1-3-11-35-20-14-40-41-15-21(20)38-39(34,30-12-17-7-5-4-6-8-17)36-13-19-22(32)26(2,33)25(37-19)31-10-9-18-23(27)28-16-29-24(18)31/h1,4-10,16,19-22,25,32-33H,11-15H2,2H3,(H,30,34)(H2,27,28,29)/t19-,20+,21+,22-,25-,26-,39?/m1/s1. The number of fused-ring (bicyclic) bond motifs is 1. The van der Waals surface area contributed by atoms with Crippen LogP contribution in [0.1, 0.15) is 18.7 Å². The van der Waals surface area contributed by atoms with E-state index >= 15 is 0 Å². The number of nitrogen functional groups attached to an aromatic ring is 1. The van der Waals surface area contributed by atoms with E-state index in [1.165, 1.54) is 13.3 Å². The molecule has 1 aromatic carbocycles. The van der Waals surface area contributed by atoms with E-state index in [9.17, 15) is 14.8 Å². The molecule has 15 heteroatoms. The molecule has 2 aliphatic rings. The van der Waals surface area contributed by atoms with Crippen molar-refractivity contribution in [3.63, 3.8) is 0 Å². The van der Waals surface area contributed by atoms with Crippen molar-refractivity contribution < 1.29 is 33.3 Å². The van der Waals surface area contributed by atoms with Crippen molar-refractivity contribution in [1.29, 1.82) is 0 Å². The molecule has 4 heterocycles. The average Bonchev–Trinajstić information content (AvgIpc) is 3.50. The second-order valence-electron chi connectivity index (χ2n) is 9.80. The largest absolute Gasteiger partial charge is 0.406 e. The van der Waals surface area contributed by atoms with Gasteiger partial charge in [-0.25, -0.2) is 19.6 Å². The van der Waals surface area contributed by atoms with E-state index in [1.54, 1.807) is 38.4 Å². The molecule has 41 heavy (non-hydrogen) atoms. The third-order valence-electron chi connectivity index (χ3n) is 6.89. The van der Waals surface area contributed by atoms with Crippen LogP contribution in [0.4, 0.5) is 5.82 Å². The summed E-state index contributed by atoms with van der Waals surface area (Å²) in [7, 11) is -0.795. The number of hydrogen-bond acceptors (Lipinski definition) is 12. The molecule has 0 saturated carbocycles. The predicted octanol–water partition coefficient (Wildman–Crippen LogP) is 2.74. The van der Waals surface area contributed by atoms with E-state index in [0.717, 1.165) is 5.56 Å². The monoisotopic (exact) mass is 621 g/mol. The number of benzene rings is 1. The molecule has 2 aromatic heterocycles. The van der Waals surface area contributed by atoms with Gasteiger partial charge in [0.2, 0.25) is 0 Å². The Hall–Kier alpha value is -2.15. The molecule has 0 radical (unpaired) electrons. The summed E-state index contributed by atoms with van der Waals surface area (Å²) < 4.78 is 39.5. The molecule has 2 saturated heterocycles. The van der Waals surface area contributed by atoms with Crippen LogP contribution in [0.2, 0.25) is 0 Å². The molecular weight excluding hydrogens is 589 g/mol. The van der Waals surface area contributed by atoms with Gasteiger partial charge in [-0.2, -0.15) is 0 Å². The first kappa shape index (κ1) is 30.3.